The van der Waals surface area contributed by atoms with Gasteiger partial charge in [-0.3, -0.25) is 4.79 Å². The van der Waals surface area contributed by atoms with Gasteiger partial charge in [-0.05, 0) is 48.6 Å². The van der Waals surface area contributed by atoms with E-state index in [0.29, 0.717) is 12.9 Å². The van der Waals surface area contributed by atoms with E-state index >= 15 is 0 Å². The van der Waals surface area contributed by atoms with Crippen molar-refractivity contribution in [3.8, 4) is 5.97 Å². The molecule has 0 unspecified atom stereocenters. The van der Waals surface area contributed by atoms with Crippen LogP contribution in [0.15, 0.2) is 42.5 Å². The molecular weight excluding hydrogens is 353 g/mol. The predicted molar refractivity (Wildman–Crippen MR) is 102 cm³/mol. The van der Waals surface area contributed by atoms with Gasteiger partial charge in [0.05, 0.1) is 12.2 Å². The van der Waals surface area contributed by atoms with E-state index in [1.807, 2.05) is 29.1 Å². The summed E-state index contributed by atoms with van der Waals surface area (Å²) in [7, 11) is 1.68. The molecule has 1 heterocycles. The lowest BCUT2D eigenvalue weighted by Gasteiger charge is -2.20. The minimum absolute atomic E-state index is 0.0427. The topological polar surface area (TPSA) is 53.3 Å². The van der Waals surface area contributed by atoms with Crippen molar-refractivity contribution in [2.45, 2.75) is 19.3 Å². The van der Waals surface area contributed by atoms with Crippen LogP contribution in [0.4, 0.5) is 10.1 Å². The van der Waals surface area contributed by atoms with Gasteiger partial charge < -0.3 is 9.55 Å². The van der Waals surface area contributed by atoms with Crippen LogP contribution >= 0.6 is 11.6 Å². The van der Waals surface area contributed by atoms with E-state index in [0.717, 1.165) is 35.6 Å². The Morgan fingerprint density at radius 3 is 2.69 bits per heavy atom. The number of benzene rings is 2. The molecule has 2 aromatic rings. The van der Waals surface area contributed by atoms with Gasteiger partial charge in [-0.25, -0.2) is 9.65 Å². The Kier molecular flexibility index (Phi) is 7.64. The Hall–Kier alpha value is -2.36. The second-order valence-corrected chi connectivity index (χ2v) is 6.30. The number of rotatable bonds is 4. The minimum atomic E-state index is -0.522. The van der Waals surface area contributed by atoms with E-state index in [2.05, 4.69) is 5.97 Å². The Balaban J connectivity index is 0.000000209. The maximum Gasteiger partial charge on any atom is 0.378 e. The van der Waals surface area contributed by atoms with Crippen LogP contribution in [-0.4, -0.2) is 26.8 Å². The number of hydrogen-bond donors (Lipinski definition) is 0. The van der Waals surface area contributed by atoms with Gasteiger partial charge in [-0.15, -0.1) is 0 Å². The molecule has 1 fully saturated rings. The number of ether oxygens (including phenoxy) is 1. The van der Waals surface area contributed by atoms with Crippen molar-refractivity contribution in [3.63, 3.8) is 0 Å². The van der Waals surface area contributed by atoms with Crippen LogP contribution in [0.25, 0.3) is 0 Å². The van der Waals surface area contributed by atoms with Crippen molar-refractivity contribution in [3.05, 3.63) is 64.4 Å². The number of carbonyl (C=O) groups is 1. The van der Waals surface area contributed by atoms with Crippen LogP contribution in [0.1, 0.15) is 22.3 Å². The number of anilines is 1. The van der Waals surface area contributed by atoms with Crippen LogP contribution in [-0.2, 0) is 11.3 Å². The number of hydrogen-bond acceptors (Lipinski definition) is 4. The molecule has 1 saturated heterocycles. The summed E-state index contributed by atoms with van der Waals surface area (Å²) in [5, 5.41) is 9.71. The largest absolute Gasteiger partial charge is 0.402 e. The van der Waals surface area contributed by atoms with Gasteiger partial charge in [0, 0.05) is 30.3 Å². The molecule has 0 bridgehead atoms. The standard InChI is InChI=1S/C11H10BFN2O.C8H9ClO/c13-11-3-2-10(6-9(11)7-16)15-5-1-4-12(15)8-14;1-10-6-7-2-4-8(9)5-3-7/h2-3,6-7H,1,4-5H2;2-5H,6H2,1H3. The molecule has 0 saturated carbocycles. The zero-order valence-electron chi connectivity index (χ0n) is 14.5. The lowest BCUT2D eigenvalue weighted by Crippen LogP contribution is -2.32. The molecule has 134 valence electrons. The van der Waals surface area contributed by atoms with E-state index in [1.165, 1.54) is 12.1 Å². The molecule has 0 aliphatic carbocycles. The molecular formula is C19H19BClFN2O2. The Labute approximate surface area is 158 Å². The molecule has 0 N–H and O–H groups in total. The van der Waals surface area contributed by atoms with Crippen LogP contribution in [0.2, 0.25) is 11.3 Å². The number of carbonyl (C=O) groups excluding carboxylic acids is 1. The first-order valence-corrected chi connectivity index (χ1v) is 8.61. The van der Waals surface area contributed by atoms with Crippen LogP contribution in [0, 0.1) is 17.0 Å². The van der Waals surface area contributed by atoms with Crippen LogP contribution < -0.4 is 4.81 Å². The monoisotopic (exact) mass is 372 g/mol. The van der Waals surface area contributed by atoms with Gasteiger partial charge >= 0.3 is 6.85 Å². The van der Waals surface area contributed by atoms with Crippen LogP contribution in [0.3, 0.4) is 0 Å². The van der Waals surface area contributed by atoms with Crippen molar-refractivity contribution in [2.75, 3.05) is 18.5 Å². The molecule has 26 heavy (non-hydrogen) atoms. The second kappa shape index (κ2) is 9.96. The van der Waals surface area contributed by atoms with Crippen LogP contribution in [0.5, 0.6) is 0 Å². The quantitative estimate of drug-likeness (QED) is 0.590. The first-order valence-electron chi connectivity index (χ1n) is 8.23. The minimum Gasteiger partial charge on any atom is -0.402 e. The molecule has 4 nitrogen and oxygen atoms in total. The number of nitriles is 1. The smallest absolute Gasteiger partial charge is 0.378 e. The SMILES string of the molecule is COCc1ccc(Cl)cc1.N#CB1CCCN1c1ccc(F)c(C=O)c1. The predicted octanol–water partition coefficient (Wildman–Crippen LogP) is 4.39. The molecule has 0 aromatic heterocycles. The van der Waals surface area contributed by atoms with Gasteiger partial charge in [0.2, 0.25) is 0 Å². The molecule has 0 spiro atoms. The highest BCUT2D eigenvalue weighted by Crippen LogP contribution is 2.25. The lowest BCUT2D eigenvalue weighted by atomic mass is 9.61. The molecule has 0 radical (unpaired) electrons. The zero-order chi connectivity index (χ0) is 18.9. The number of aldehydes is 1. The van der Waals surface area contributed by atoms with Gasteiger partial charge in [0.25, 0.3) is 0 Å². The summed E-state index contributed by atoms with van der Waals surface area (Å²) in [4.78, 5) is 12.5. The van der Waals surface area contributed by atoms with Gasteiger partial charge in [-0.1, -0.05) is 23.7 Å². The second-order valence-electron chi connectivity index (χ2n) is 5.86. The summed E-state index contributed by atoms with van der Waals surface area (Å²) in [6.07, 6.45) is 2.27. The zero-order valence-corrected chi connectivity index (χ0v) is 15.2. The Bertz CT molecular complexity index is 780. The summed E-state index contributed by atoms with van der Waals surface area (Å²) < 4.78 is 18.0. The maximum absolute atomic E-state index is 13.1. The van der Waals surface area contributed by atoms with Crippen molar-refractivity contribution in [1.29, 1.82) is 5.26 Å². The molecule has 2 aromatic carbocycles. The van der Waals surface area contributed by atoms with E-state index in [4.69, 9.17) is 21.6 Å². The maximum atomic E-state index is 13.1. The third-order valence-corrected chi connectivity index (χ3v) is 4.32. The van der Waals surface area contributed by atoms with Crippen molar-refractivity contribution >= 4 is 30.4 Å². The third-order valence-electron chi connectivity index (χ3n) is 4.06. The summed E-state index contributed by atoms with van der Waals surface area (Å²) >= 11 is 5.67. The Morgan fingerprint density at radius 2 is 2.08 bits per heavy atom. The summed E-state index contributed by atoms with van der Waals surface area (Å²) in [6, 6.07) is 12.0. The van der Waals surface area contributed by atoms with Gasteiger partial charge in [0.15, 0.2) is 6.29 Å². The van der Waals surface area contributed by atoms with E-state index < -0.39 is 5.82 Å². The highest BCUT2D eigenvalue weighted by molar-refractivity contribution is 6.71. The molecule has 1 aliphatic rings. The molecule has 7 heteroatoms. The first-order chi connectivity index (χ1) is 12.6. The fourth-order valence-electron chi connectivity index (χ4n) is 2.76. The summed E-state index contributed by atoms with van der Waals surface area (Å²) in [5.41, 5.74) is 1.93. The number of methoxy groups -OCH3 is 1. The Morgan fingerprint density at radius 1 is 1.35 bits per heavy atom. The van der Waals surface area contributed by atoms with Crippen molar-refractivity contribution < 1.29 is 13.9 Å². The van der Waals surface area contributed by atoms with Gasteiger partial charge in [-0.2, -0.15) is 0 Å². The molecule has 3 rings (SSSR count). The fourth-order valence-corrected chi connectivity index (χ4v) is 2.88. The fraction of sp³-hybridized carbons (Fsp3) is 0.263. The first kappa shape index (κ1) is 20.0. The highest BCUT2D eigenvalue weighted by Gasteiger charge is 2.29. The molecule has 0 atom stereocenters. The number of nitrogens with zero attached hydrogens (tertiary/aromatic N) is 2. The van der Waals surface area contributed by atoms with E-state index in [-0.39, 0.29) is 12.4 Å². The van der Waals surface area contributed by atoms with E-state index in [1.54, 1.807) is 13.2 Å². The average molecular weight is 373 g/mol. The van der Waals surface area contributed by atoms with Crippen molar-refractivity contribution in [1.82, 2.24) is 0 Å². The molecule has 0 amide bonds. The highest BCUT2D eigenvalue weighted by atomic mass is 35.5. The lowest BCUT2D eigenvalue weighted by molar-refractivity contribution is 0.112. The van der Waals surface area contributed by atoms with Gasteiger partial charge in [0.1, 0.15) is 5.82 Å². The molecule has 1 aliphatic heterocycles. The number of halogens is 2. The van der Waals surface area contributed by atoms with E-state index in [9.17, 15) is 9.18 Å². The average Bonchev–Trinajstić information content (AvgIpc) is 3.13. The third kappa shape index (κ3) is 5.32. The summed E-state index contributed by atoms with van der Waals surface area (Å²) in [5.74, 6) is 1.69. The normalized spacial score (nSPS) is 13.0. The van der Waals surface area contributed by atoms with Crippen molar-refractivity contribution in [2.24, 2.45) is 0 Å². The summed E-state index contributed by atoms with van der Waals surface area (Å²) in [6.45, 7) is 1.27.